The molecule has 0 aliphatic heterocycles. The van der Waals surface area contributed by atoms with E-state index in [9.17, 15) is 4.79 Å². The number of amides is 1. The maximum absolute atomic E-state index is 12.1. The molecule has 7 heteroatoms. The van der Waals surface area contributed by atoms with Gasteiger partial charge in [0.15, 0.2) is 11.6 Å². The zero-order valence-corrected chi connectivity index (χ0v) is 12.8. The second-order valence-electron chi connectivity index (χ2n) is 5.18. The van der Waals surface area contributed by atoms with Gasteiger partial charge < -0.3 is 11.1 Å². The van der Waals surface area contributed by atoms with Crippen molar-refractivity contribution in [1.29, 1.82) is 0 Å². The van der Waals surface area contributed by atoms with Gasteiger partial charge in [-0.15, -0.1) is 0 Å². The van der Waals surface area contributed by atoms with Gasteiger partial charge in [0.05, 0.1) is 0 Å². The molecular formula is C15H20N6O. The summed E-state index contributed by atoms with van der Waals surface area (Å²) < 4.78 is 0. The molecule has 0 saturated heterocycles. The van der Waals surface area contributed by atoms with Crippen molar-refractivity contribution < 1.29 is 4.79 Å². The van der Waals surface area contributed by atoms with E-state index in [0.717, 1.165) is 5.56 Å². The van der Waals surface area contributed by atoms with Crippen LogP contribution in [0.2, 0.25) is 0 Å². The van der Waals surface area contributed by atoms with Gasteiger partial charge in [-0.2, -0.15) is 0 Å². The van der Waals surface area contributed by atoms with Crippen molar-refractivity contribution in [3.63, 3.8) is 0 Å². The Labute approximate surface area is 129 Å². The van der Waals surface area contributed by atoms with Gasteiger partial charge in [-0.25, -0.2) is 9.97 Å². The number of hydrogen-bond donors (Lipinski definition) is 4. The SMILES string of the molecule is Cc1ccccc1C(=O)NNc1ncnc(NC(C)C)c1N. The van der Waals surface area contributed by atoms with Gasteiger partial charge in [-0.3, -0.25) is 15.6 Å². The summed E-state index contributed by atoms with van der Waals surface area (Å²) in [5.74, 6) is 0.618. The first-order valence-corrected chi connectivity index (χ1v) is 6.98. The number of aryl methyl sites for hydroxylation is 1. The van der Waals surface area contributed by atoms with Gasteiger partial charge in [0.25, 0.3) is 5.91 Å². The molecule has 1 amide bonds. The molecule has 0 saturated carbocycles. The number of carbonyl (C=O) groups is 1. The Kier molecular flexibility index (Phi) is 4.77. The molecule has 116 valence electrons. The Morgan fingerprint density at radius 1 is 1.18 bits per heavy atom. The Morgan fingerprint density at radius 2 is 1.86 bits per heavy atom. The number of nitrogens with two attached hydrogens (primary N) is 1. The number of nitrogens with zero attached hydrogens (tertiary/aromatic N) is 2. The molecule has 2 aromatic rings. The molecule has 0 atom stereocenters. The molecule has 0 aliphatic rings. The van der Waals surface area contributed by atoms with Gasteiger partial charge in [0.2, 0.25) is 0 Å². The van der Waals surface area contributed by atoms with E-state index in [2.05, 4.69) is 26.1 Å². The average Bonchev–Trinajstić information content (AvgIpc) is 2.48. The zero-order chi connectivity index (χ0) is 16.1. The van der Waals surface area contributed by atoms with E-state index in [0.29, 0.717) is 22.9 Å². The predicted octanol–water partition coefficient (Wildman–Crippen LogP) is 1.94. The van der Waals surface area contributed by atoms with Crippen LogP contribution < -0.4 is 21.9 Å². The van der Waals surface area contributed by atoms with E-state index in [1.165, 1.54) is 6.33 Å². The minimum atomic E-state index is -0.255. The first kappa shape index (κ1) is 15.6. The van der Waals surface area contributed by atoms with Crippen molar-refractivity contribution in [1.82, 2.24) is 15.4 Å². The number of carbonyl (C=O) groups excluding carboxylic acids is 1. The van der Waals surface area contributed by atoms with Crippen molar-refractivity contribution in [2.75, 3.05) is 16.5 Å². The highest BCUT2D eigenvalue weighted by Gasteiger charge is 2.11. The molecule has 22 heavy (non-hydrogen) atoms. The lowest BCUT2D eigenvalue weighted by Crippen LogP contribution is -2.31. The number of rotatable bonds is 5. The van der Waals surface area contributed by atoms with Crippen molar-refractivity contribution in [2.24, 2.45) is 0 Å². The van der Waals surface area contributed by atoms with Crippen LogP contribution in [0.3, 0.4) is 0 Å². The van der Waals surface area contributed by atoms with Crippen LogP contribution in [0.1, 0.15) is 29.8 Å². The maximum Gasteiger partial charge on any atom is 0.269 e. The summed E-state index contributed by atoms with van der Waals surface area (Å²) in [6.07, 6.45) is 1.38. The minimum Gasteiger partial charge on any atom is -0.393 e. The number of anilines is 3. The Bertz CT molecular complexity index is 671. The molecule has 2 rings (SSSR count). The third-order valence-corrected chi connectivity index (χ3v) is 2.99. The van der Waals surface area contributed by atoms with E-state index in [4.69, 9.17) is 5.73 Å². The number of nitrogens with one attached hydrogen (secondary N) is 3. The van der Waals surface area contributed by atoms with Crippen LogP contribution in [0.15, 0.2) is 30.6 Å². The number of hydrazine groups is 1. The quantitative estimate of drug-likeness (QED) is 0.629. The first-order valence-electron chi connectivity index (χ1n) is 6.98. The van der Waals surface area contributed by atoms with E-state index < -0.39 is 0 Å². The van der Waals surface area contributed by atoms with E-state index in [1.54, 1.807) is 6.07 Å². The van der Waals surface area contributed by atoms with Crippen LogP contribution in [-0.4, -0.2) is 21.9 Å². The topological polar surface area (TPSA) is 105 Å². The fourth-order valence-corrected chi connectivity index (χ4v) is 1.89. The highest BCUT2D eigenvalue weighted by Crippen LogP contribution is 2.22. The maximum atomic E-state index is 12.1. The summed E-state index contributed by atoms with van der Waals surface area (Å²) in [6.45, 7) is 5.84. The van der Waals surface area contributed by atoms with E-state index in [-0.39, 0.29) is 11.9 Å². The van der Waals surface area contributed by atoms with E-state index >= 15 is 0 Å². The largest absolute Gasteiger partial charge is 0.393 e. The van der Waals surface area contributed by atoms with Crippen LogP contribution >= 0.6 is 0 Å². The Hall–Kier alpha value is -2.83. The number of aromatic nitrogens is 2. The van der Waals surface area contributed by atoms with Gasteiger partial charge >= 0.3 is 0 Å². The predicted molar refractivity (Wildman–Crippen MR) is 87.5 cm³/mol. The standard InChI is InChI=1S/C15H20N6O/c1-9(2)19-13-12(16)14(18-8-17-13)20-21-15(22)11-7-5-4-6-10(11)3/h4-9H,16H2,1-3H3,(H,21,22)(H2,17,18,19,20). The van der Waals surface area contributed by atoms with Crippen molar-refractivity contribution >= 4 is 23.2 Å². The summed E-state index contributed by atoms with van der Waals surface area (Å²) in [7, 11) is 0. The number of nitrogen functional groups attached to an aromatic ring is 1. The number of benzene rings is 1. The third kappa shape index (κ3) is 3.63. The Morgan fingerprint density at radius 3 is 2.55 bits per heavy atom. The molecule has 1 aromatic carbocycles. The molecule has 0 spiro atoms. The number of hydrogen-bond acceptors (Lipinski definition) is 6. The van der Waals surface area contributed by atoms with Crippen LogP contribution in [-0.2, 0) is 0 Å². The molecule has 5 N–H and O–H groups in total. The van der Waals surface area contributed by atoms with Crippen LogP contribution in [0.4, 0.5) is 17.3 Å². The van der Waals surface area contributed by atoms with Gasteiger partial charge in [0.1, 0.15) is 12.0 Å². The fourth-order valence-electron chi connectivity index (χ4n) is 1.89. The molecule has 0 unspecified atom stereocenters. The molecular weight excluding hydrogens is 280 g/mol. The fraction of sp³-hybridized carbons (Fsp3) is 0.267. The summed E-state index contributed by atoms with van der Waals surface area (Å²) in [5, 5.41) is 3.11. The molecule has 1 heterocycles. The zero-order valence-electron chi connectivity index (χ0n) is 12.8. The van der Waals surface area contributed by atoms with Crippen LogP contribution in [0.5, 0.6) is 0 Å². The second-order valence-corrected chi connectivity index (χ2v) is 5.18. The lowest BCUT2D eigenvalue weighted by atomic mass is 10.1. The average molecular weight is 300 g/mol. The van der Waals surface area contributed by atoms with Crippen molar-refractivity contribution in [2.45, 2.75) is 26.8 Å². The smallest absolute Gasteiger partial charge is 0.269 e. The summed E-state index contributed by atoms with van der Waals surface area (Å²) in [6, 6.07) is 7.50. The van der Waals surface area contributed by atoms with Crippen molar-refractivity contribution in [3.8, 4) is 0 Å². The molecule has 1 aromatic heterocycles. The van der Waals surface area contributed by atoms with Gasteiger partial charge in [-0.05, 0) is 32.4 Å². The third-order valence-electron chi connectivity index (χ3n) is 2.99. The Balaban J connectivity index is 2.09. The normalized spacial score (nSPS) is 10.4. The highest BCUT2D eigenvalue weighted by molar-refractivity contribution is 5.96. The van der Waals surface area contributed by atoms with E-state index in [1.807, 2.05) is 39.0 Å². The molecule has 0 bridgehead atoms. The van der Waals surface area contributed by atoms with Crippen LogP contribution in [0.25, 0.3) is 0 Å². The highest BCUT2D eigenvalue weighted by atomic mass is 16.2. The van der Waals surface area contributed by atoms with Crippen LogP contribution in [0, 0.1) is 6.92 Å². The second kappa shape index (κ2) is 6.75. The summed E-state index contributed by atoms with van der Waals surface area (Å²) >= 11 is 0. The summed E-state index contributed by atoms with van der Waals surface area (Å²) in [5.41, 5.74) is 13.1. The molecule has 0 fully saturated rings. The van der Waals surface area contributed by atoms with Gasteiger partial charge in [0, 0.05) is 11.6 Å². The molecule has 0 radical (unpaired) electrons. The van der Waals surface area contributed by atoms with Crippen molar-refractivity contribution in [3.05, 3.63) is 41.7 Å². The molecule has 0 aliphatic carbocycles. The minimum absolute atomic E-state index is 0.187. The first-order chi connectivity index (χ1) is 10.5. The lowest BCUT2D eigenvalue weighted by Gasteiger charge is -2.15. The molecule has 7 nitrogen and oxygen atoms in total. The summed E-state index contributed by atoms with van der Waals surface area (Å²) in [4.78, 5) is 20.3. The van der Waals surface area contributed by atoms with Gasteiger partial charge in [-0.1, -0.05) is 18.2 Å². The lowest BCUT2D eigenvalue weighted by molar-refractivity contribution is 0.0962. The monoisotopic (exact) mass is 300 g/mol.